The Morgan fingerprint density at radius 2 is 2.08 bits per heavy atom. The van der Waals surface area contributed by atoms with Gasteiger partial charge in [0.1, 0.15) is 0 Å². The first-order valence-corrected chi connectivity index (χ1v) is 8.82. The van der Waals surface area contributed by atoms with E-state index >= 15 is 0 Å². The predicted molar refractivity (Wildman–Crippen MR) is 103 cm³/mol. The maximum Gasteiger partial charge on any atom is 0.277 e. The van der Waals surface area contributed by atoms with Gasteiger partial charge in [0.2, 0.25) is 0 Å². The van der Waals surface area contributed by atoms with Crippen LogP contribution in [0, 0.1) is 0 Å². The molecule has 1 saturated heterocycles. The zero-order valence-corrected chi connectivity index (χ0v) is 14.8. The quantitative estimate of drug-likeness (QED) is 0.709. The number of hydrogen-bond acceptors (Lipinski definition) is 4. The number of aromatic nitrogens is 1. The number of allylic oxidation sites excluding steroid dienone is 4. The van der Waals surface area contributed by atoms with E-state index in [2.05, 4.69) is 21.7 Å². The minimum atomic E-state index is -2.64. The number of nitrogens with two attached hydrogens (primary N) is 1. The van der Waals surface area contributed by atoms with E-state index in [0.29, 0.717) is 6.04 Å². The summed E-state index contributed by atoms with van der Waals surface area (Å²) in [6.07, 6.45) is 6.01. The molecule has 1 aliphatic rings. The largest absolute Gasteiger partial charge is 0.397 e. The second kappa shape index (κ2) is 8.27. The van der Waals surface area contributed by atoms with Crippen molar-refractivity contribution in [3.05, 3.63) is 54.0 Å². The average molecular weight is 358 g/mol. The summed E-state index contributed by atoms with van der Waals surface area (Å²) < 4.78 is 25.1. The molecule has 6 heteroatoms. The summed E-state index contributed by atoms with van der Waals surface area (Å²) in [7, 11) is 0. The summed E-state index contributed by atoms with van der Waals surface area (Å²) in [5, 5.41) is 9.12. The molecule has 26 heavy (non-hydrogen) atoms. The van der Waals surface area contributed by atoms with Crippen LogP contribution in [0.1, 0.15) is 25.3 Å². The van der Waals surface area contributed by atoms with Crippen molar-refractivity contribution < 1.29 is 8.78 Å². The van der Waals surface area contributed by atoms with Crippen LogP contribution in [0.25, 0.3) is 16.3 Å². The van der Waals surface area contributed by atoms with E-state index in [1.165, 1.54) is 6.08 Å². The third-order valence-electron chi connectivity index (χ3n) is 4.69. The van der Waals surface area contributed by atoms with Gasteiger partial charge in [-0.15, -0.1) is 0 Å². The molecule has 0 atom stereocenters. The van der Waals surface area contributed by atoms with Crippen molar-refractivity contribution in [2.24, 2.45) is 5.73 Å². The Morgan fingerprint density at radius 1 is 1.31 bits per heavy atom. The molecule has 0 radical (unpaired) electrons. The van der Waals surface area contributed by atoms with Crippen LogP contribution in [0.5, 0.6) is 0 Å². The maximum absolute atomic E-state index is 12.6. The Bertz CT molecular complexity index is 824. The smallest absolute Gasteiger partial charge is 0.277 e. The van der Waals surface area contributed by atoms with Crippen LogP contribution in [0.3, 0.4) is 0 Å². The van der Waals surface area contributed by atoms with Gasteiger partial charge in [0.15, 0.2) is 0 Å². The van der Waals surface area contributed by atoms with Crippen LogP contribution < -0.4 is 16.4 Å². The Balaban J connectivity index is 1.96. The molecule has 1 aliphatic heterocycles. The molecule has 2 aromatic rings. The van der Waals surface area contributed by atoms with Gasteiger partial charge in [0.25, 0.3) is 6.43 Å². The van der Waals surface area contributed by atoms with Crippen LogP contribution in [-0.2, 0) is 0 Å². The second-order valence-corrected chi connectivity index (χ2v) is 6.61. The lowest BCUT2D eigenvalue weighted by Gasteiger charge is -2.25. The van der Waals surface area contributed by atoms with E-state index in [1.54, 1.807) is 12.3 Å². The van der Waals surface area contributed by atoms with Crippen LogP contribution in [0.4, 0.5) is 14.5 Å². The molecule has 0 spiro atoms. The zero-order valence-electron chi connectivity index (χ0n) is 14.8. The standard InChI is InChI=1S/C20H24F2N4/c1-13(2-3-18(23)20(21)22)15-10-14-4-7-25-12-17(14)19(11-15)26-16-5-8-24-9-6-16/h2-4,7,10-12,16,20,24,26H,5-6,8-9,23H2,1H3/b13-2+,18-3-. The number of rotatable bonds is 5. The molecular formula is C20H24F2N4. The molecule has 0 unspecified atom stereocenters. The second-order valence-electron chi connectivity index (χ2n) is 6.61. The third-order valence-corrected chi connectivity index (χ3v) is 4.69. The summed E-state index contributed by atoms with van der Waals surface area (Å²) in [6, 6.07) is 6.48. The molecule has 0 aliphatic carbocycles. The zero-order chi connectivity index (χ0) is 18.5. The predicted octanol–water partition coefficient (Wildman–Crippen LogP) is 3.91. The van der Waals surface area contributed by atoms with Gasteiger partial charge in [-0.25, -0.2) is 8.78 Å². The van der Waals surface area contributed by atoms with E-state index < -0.39 is 12.1 Å². The maximum atomic E-state index is 12.6. The fourth-order valence-corrected chi connectivity index (χ4v) is 3.12. The number of halogens is 2. The highest BCUT2D eigenvalue weighted by Gasteiger charge is 2.14. The van der Waals surface area contributed by atoms with Crippen molar-refractivity contribution in [2.45, 2.75) is 32.2 Å². The van der Waals surface area contributed by atoms with Gasteiger partial charge in [-0.3, -0.25) is 4.98 Å². The number of nitrogens with zero attached hydrogens (tertiary/aromatic N) is 1. The monoisotopic (exact) mass is 358 g/mol. The molecule has 1 fully saturated rings. The highest BCUT2D eigenvalue weighted by Crippen LogP contribution is 2.29. The van der Waals surface area contributed by atoms with Crippen molar-refractivity contribution in [3.63, 3.8) is 0 Å². The van der Waals surface area contributed by atoms with Gasteiger partial charge in [-0.05, 0) is 73.7 Å². The first-order valence-electron chi connectivity index (χ1n) is 8.82. The average Bonchev–Trinajstić information content (AvgIpc) is 2.66. The fourth-order valence-electron chi connectivity index (χ4n) is 3.12. The number of piperidine rings is 1. The Hall–Kier alpha value is -2.47. The van der Waals surface area contributed by atoms with Gasteiger partial charge in [0, 0.05) is 29.5 Å². The number of anilines is 1. The summed E-state index contributed by atoms with van der Waals surface area (Å²) in [5.74, 6) is 0. The van der Waals surface area contributed by atoms with E-state index in [1.807, 2.05) is 25.3 Å². The Kier molecular flexibility index (Phi) is 5.83. The minimum Gasteiger partial charge on any atom is -0.397 e. The van der Waals surface area contributed by atoms with Gasteiger partial charge in [-0.1, -0.05) is 6.08 Å². The molecule has 1 aromatic carbocycles. The Morgan fingerprint density at radius 3 is 2.81 bits per heavy atom. The molecule has 1 aromatic heterocycles. The molecule has 0 bridgehead atoms. The number of pyridine rings is 1. The number of fused-ring (bicyclic) bond motifs is 1. The van der Waals surface area contributed by atoms with Crippen molar-refractivity contribution in [1.82, 2.24) is 10.3 Å². The molecule has 138 valence electrons. The molecular weight excluding hydrogens is 334 g/mol. The van der Waals surface area contributed by atoms with Crippen molar-refractivity contribution in [1.29, 1.82) is 0 Å². The van der Waals surface area contributed by atoms with Crippen LogP contribution >= 0.6 is 0 Å². The molecule has 2 heterocycles. The van der Waals surface area contributed by atoms with Gasteiger partial charge >= 0.3 is 0 Å². The third kappa shape index (κ3) is 4.38. The summed E-state index contributed by atoms with van der Waals surface area (Å²) in [6.45, 7) is 3.90. The van der Waals surface area contributed by atoms with Gasteiger partial charge in [0.05, 0.1) is 5.70 Å². The molecule has 0 amide bonds. The SMILES string of the molecule is C/C(=C\C=C(/N)C(F)F)c1cc(NC2CCNCC2)c2cnccc2c1. The molecule has 3 rings (SSSR count). The van der Waals surface area contributed by atoms with Crippen molar-refractivity contribution >= 4 is 22.0 Å². The normalized spacial score (nSPS) is 17.1. The lowest BCUT2D eigenvalue weighted by Crippen LogP contribution is -2.35. The summed E-state index contributed by atoms with van der Waals surface area (Å²) >= 11 is 0. The van der Waals surface area contributed by atoms with E-state index in [-0.39, 0.29) is 0 Å². The van der Waals surface area contributed by atoms with Gasteiger partial charge in [-0.2, -0.15) is 0 Å². The topological polar surface area (TPSA) is 63.0 Å². The number of alkyl halides is 2. The summed E-state index contributed by atoms with van der Waals surface area (Å²) in [4.78, 5) is 4.24. The van der Waals surface area contributed by atoms with Crippen LogP contribution in [0.2, 0.25) is 0 Å². The lowest BCUT2D eigenvalue weighted by atomic mass is 9.99. The number of nitrogens with one attached hydrogen (secondary N) is 2. The van der Waals surface area contributed by atoms with Gasteiger partial charge < -0.3 is 16.4 Å². The van der Waals surface area contributed by atoms with Crippen molar-refractivity contribution in [2.75, 3.05) is 18.4 Å². The first kappa shape index (κ1) is 18.3. The number of hydrogen-bond donors (Lipinski definition) is 3. The van der Waals surface area contributed by atoms with E-state index in [0.717, 1.165) is 53.5 Å². The highest BCUT2D eigenvalue weighted by atomic mass is 19.3. The molecule has 4 nitrogen and oxygen atoms in total. The lowest BCUT2D eigenvalue weighted by molar-refractivity contribution is 0.188. The Labute approximate surface area is 152 Å². The van der Waals surface area contributed by atoms with Crippen molar-refractivity contribution in [3.8, 4) is 0 Å². The highest BCUT2D eigenvalue weighted by molar-refractivity contribution is 5.96. The molecule has 4 N–H and O–H groups in total. The number of benzene rings is 1. The van der Waals surface area contributed by atoms with E-state index in [9.17, 15) is 8.78 Å². The first-order chi connectivity index (χ1) is 12.5. The fraction of sp³-hybridized carbons (Fsp3) is 0.350. The van der Waals surface area contributed by atoms with Crippen LogP contribution in [0.15, 0.2) is 48.4 Å². The summed E-state index contributed by atoms with van der Waals surface area (Å²) in [5.41, 5.74) is 7.77. The van der Waals surface area contributed by atoms with E-state index in [4.69, 9.17) is 5.73 Å². The molecule has 0 saturated carbocycles. The minimum absolute atomic E-state index is 0.411. The van der Waals surface area contributed by atoms with Crippen LogP contribution in [-0.4, -0.2) is 30.5 Å².